The molecule has 0 aromatic heterocycles. The van der Waals surface area contributed by atoms with E-state index < -0.39 is 12.1 Å². The van der Waals surface area contributed by atoms with E-state index in [1.807, 2.05) is 31.2 Å². The number of carbonyl (C=O) groups is 2. The molecule has 4 saturated carbocycles. The van der Waals surface area contributed by atoms with Crippen LogP contribution in [0.5, 0.6) is 5.75 Å². The van der Waals surface area contributed by atoms with E-state index in [9.17, 15) is 9.59 Å². The summed E-state index contributed by atoms with van der Waals surface area (Å²) in [5.74, 6) is 2.51. The summed E-state index contributed by atoms with van der Waals surface area (Å²) in [5.41, 5.74) is 0.972. The molecule has 0 spiro atoms. The highest BCUT2D eigenvalue weighted by molar-refractivity contribution is 5.84. The van der Waals surface area contributed by atoms with Crippen molar-refractivity contribution in [3.8, 4) is 5.75 Å². The molecule has 1 atom stereocenters. The highest BCUT2D eigenvalue weighted by atomic mass is 16.5. The molecule has 5 rings (SSSR count). The van der Waals surface area contributed by atoms with Crippen LogP contribution in [0.3, 0.4) is 0 Å². The third kappa shape index (κ3) is 4.18. The average Bonchev–Trinajstić information content (AvgIpc) is 2.61. The van der Waals surface area contributed by atoms with Crippen molar-refractivity contribution in [3.63, 3.8) is 0 Å². The first-order valence-electron chi connectivity index (χ1n) is 10.6. The van der Waals surface area contributed by atoms with Gasteiger partial charge in [0.25, 0.3) is 5.91 Å². The average molecular weight is 386 g/mol. The van der Waals surface area contributed by atoms with Crippen molar-refractivity contribution in [1.82, 2.24) is 5.32 Å². The van der Waals surface area contributed by atoms with Crippen LogP contribution in [-0.2, 0) is 14.3 Å². The summed E-state index contributed by atoms with van der Waals surface area (Å²) in [4.78, 5) is 24.8. The van der Waals surface area contributed by atoms with Crippen LogP contribution in [0.1, 0.15) is 57.4 Å². The van der Waals surface area contributed by atoms with Crippen molar-refractivity contribution in [2.24, 2.45) is 17.8 Å². The zero-order chi connectivity index (χ0) is 19.7. The Hall–Kier alpha value is -2.04. The second kappa shape index (κ2) is 7.76. The summed E-state index contributed by atoms with van der Waals surface area (Å²) < 4.78 is 11.0. The first kappa shape index (κ1) is 19.3. The van der Waals surface area contributed by atoms with Crippen molar-refractivity contribution >= 4 is 11.9 Å². The number of aryl methyl sites for hydroxylation is 1. The molecule has 1 aromatic rings. The Morgan fingerprint density at radius 1 is 1.11 bits per heavy atom. The van der Waals surface area contributed by atoms with E-state index in [0.29, 0.717) is 0 Å². The van der Waals surface area contributed by atoms with E-state index in [1.165, 1.54) is 19.3 Å². The van der Waals surface area contributed by atoms with Gasteiger partial charge in [-0.2, -0.15) is 0 Å². The zero-order valence-electron chi connectivity index (χ0n) is 16.9. The Morgan fingerprint density at radius 3 is 2.32 bits per heavy atom. The van der Waals surface area contributed by atoms with E-state index in [4.69, 9.17) is 9.47 Å². The number of hydrogen-bond acceptors (Lipinski definition) is 4. The molecule has 4 fully saturated rings. The minimum absolute atomic E-state index is 0.0551. The van der Waals surface area contributed by atoms with Crippen LogP contribution in [0.2, 0.25) is 0 Å². The number of rotatable bonds is 7. The molecule has 0 heterocycles. The quantitative estimate of drug-likeness (QED) is 0.726. The molecule has 5 heteroatoms. The Morgan fingerprint density at radius 2 is 1.71 bits per heavy atom. The minimum atomic E-state index is -0.765. The topological polar surface area (TPSA) is 64.6 Å². The molecule has 4 bridgehead atoms. The Bertz CT molecular complexity index is 709. The lowest BCUT2D eigenvalue weighted by Gasteiger charge is -2.57. The van der Waals surface area contributed by atoms with Gasteiger partial charge in [-0.25, -0.2) is 0 Å². The van der Waals surface area contributed by atoms with Crippen molar-refractivity contribution in [3.05, 3.63) is 29.8 Å². The van der Waals surface area contributed by atoms with Crippen LogP contribution >= 0.6 is 0 Å². The molecule has 152 valence electrons. The van der Waals surface area contributed by atoms with Crippen molar-refractivity contribution in [1.29, 1.82) is 0 Å². The number of esters is 1. The smallest absolute Gasteiger partial charge is 0.310 e. The van der Waals surface area contributed by atoms with E-state index in [-0.39, 0.29) is 24.5 Å². The Labute approximate surface area is 167 Å². The molecule has 28 heavy (non-hydrogen) atoms. The maximum atomic E-state index is 12.7. The Balaban J connectivity index is 1.23. The third-order valence-corrected chi connectivity index (χ3v) is 6.76. The van der Waals surface area contributed by atoms with Gasteiger partial charge in [-0.15, -0.1) is 0 Å². The third-order valence-electron chi connectivity index (χ3n) is 6.76. The van der Waals surface area contributed by atoms with Crippen molar-refractivity contribution in [2.45, 2.75) is 70.4 Å². The van der Waals surface area contributed by atoms with Gasteiger partial charge < -0.3 is 14.8 Å². The number of para-hydroxylation sites is 1. The van der Waals surface area contributed by atoms with E-state index in [2.05, 4.69) is 5.32 Å². The second-order valence-electron chi connectivity index (χ2n) is 9.18. The molecular formula is C23H31NO4. The van der Waals surface area contributed by atoms with Crippen LogP contribution in [0.15, 0.2) is 24.3 Å². The van der Waals surface area contributed by atoms with Crippen molar-refractivity contribution < 1.29 is 19.1 Å². The number of nitrogens with one attached hydrogen (secondary N) is 1. The number of benzene rings is 1. The molecule has 0 aliphatic heterocycles. The predicted molar refractivity (Wildman–Crippen MR) is 106 cm³/mol. The lowest BCUT2D eigenvalue weighted by Crippen LogP contribution is -2.61. The first-order chi connectivity index (χ1) is 13.4. The number of ether oxygens (including phenoxy) is 2. The van der Waals surface area contributed by atoms with Gasteiger partial charge in [0.2, 0.25) is 0 Å². The van der Waals surface area contributed by atoms with Crippen LogP contribution in [0.25, 0.3) is 0 Å². The lowest BCUT2D eigenvalue weighted by atomic mass is 9.53. The van der Waals surface area contributed by atoms with Gasteiger partial charge in [-0.1, -0.05) is 18.2 Å². The molecule has 0 unspecified atom stereocenters. The van der Waals surface area contributed by atoms with Crippen LogP contribution in [-0.4, -0.2) is 30.1 Å². The fourth-order valence-electron chi connectivity index (χ4n) is 5.90. The SMILES string of the molecule is Cc1ccccc1OCCC(=O)O[C@H](C)C(=O)NC12CC3CC(CC(C3)C1)C2. The lowest BCUT2D eigenvalue weighted by molar-refractivity contribution is -0.157. The summed E-state index contributed by atoms with van der Waals surface area (Å²) >= 11 is 0. The molecule has 5 nitrogen and oxygen atoms in total. The van der Waals surface area contributed by atoms with Gasteiger partial charge in [-0.3, -0.25) is 9.59 Å². The number of carbonyl (C=O) groups excluding carboxylic acids is 2. The monoisotopic (exact) mass is 385 g/mol. The van der Waals surface area contributed by atoms with Crippen LogP contribution in [0.4, 0.5) is 0 Å². The molecule has 0 saturated heterocycles. The standard InChI is InChI=1S/C23H31NO4/c1-15-5-3-4-6-20(15)27-8-7-21(25)28-16(2)22(26)24-23-12-17-9-18(13-23)11-19(10-17)14-23/h3-6,16-19H,7-14H2,1-2H3,(H,24,26)/t16-,17?,18?,19?,23?/m1/s1. The summed E-state index contributed by atoms with van der Waals surface area (Å²) in [7, 11) is 0. The van der Waals surface area contributed by atoms with Gasteiger partial charge in [-0.05, 0) is 81.8 Å². The fourth-order valence-corrected chi connectivity index (χ4v) is 5.90. The number of hydrogen-bond donors (Lipinski definition) is 1. The minimum Gasteiger partial charge on any atom is -0.493 e. The summed E-state index contributed by atoms with van der Waals surface area (Å²) in [6.07, 6.45) is 6.64. The highest BCUT2D eigenvalue weighted by Gasteiger charge is 2.51. The first-order valence-corrected chi connectivity index (χ1v) is 10.6. The molecule has 4 aliphatic rings. The number of amides is 1. The van der Waals surface area contributed by atoms with Crippen LogP contribution < -0.4 is 10.1 Å². The van der Waals surface area contributed by atoms with Gasteiger partial charge in [0.1, 0.15) is 5.75 Å². The van der Waals surface area contributed by atoms with Crippen molar-refractivity contribution in [2.75, 3.05) is 6.61 Å². The molecular weight excluding hydrogens is 354 g/mol. The van der Waals surface area contributed by atoms with Gasteiger partial charge in [0.15, 0.2) is 6.10 Å². The van der Waals surface area contributed by atoms with E-state index >= 15 is 0 Å². The molecule has 1 amide bonds. The maximum Gasteiger partial charge on any atom is 0.310 e. The highest BCUT2D eigenvalue weighted by Crippen LogP contribution is 2.55. The molecule has 0 radical (unpaired) electrons. The normalized spacial score (nSPS) is 31.3. The molecule has 1 aromatic carbocycles. The fraction of sp³-hybridized carbons (Fsp3) is 0.652. The Kier molecular flexibility index (Phi) is 5.35. The summed E-state index contributed by atoms with van der Waals surface area (Å²) in [6.45, 7) is 3.87. The van der Waals surface area contributed by atoms with Crippen LogP contribution in [0, 0.1) is 24.7 Å². The van der Waals surface area contributed by atoms with E-state index in [1.54, 1.807) is 6.92 Å². The molecule has 4 aliphatic carbocycles. The largest absolute Gasteiger partial charge is 0.493 e. The summed E-state index contributed by atoms with van der Waals surface area (Å²) in [6, 6.07) is 7.69. The zero-order valence-corrected chi connectivity index (χ0v) is 16.9. The molecule has 1 N–H and O–H groups in total. The van der Waals surface area contributed by atoms with Gasteiger partial charge >= 0.3 is 5.97 Å². The second-order valence-corrected chi connectivity index (χ2v) is 9.18. The predicted octanol–water partition coefficient (Wildman–Crippen LogP) is 3.78. The van der Waals surface area contributed by atoms with Gasteiger partial charge in [0, 0.05) is 5.54 Å². The van der Waals surface area contributed by atoms with Gasteiger partial charge in [0.05, 0.1) is 13.0 Å². The summed E-state index contributed by atoms with van der Waals surface area (Å²) in [5, 5.41) is 3.27. The maximum absolute atomic E-state index is 12.7. The van der Waals surface area contributed by atoms with E-state index in [0.717, 1.165) is 48.3 Å².